The molecule has 2 amide bonds. The van der Waals surface area contributed by atoms with Crippen LogP contribution in [0, 0.1) is 0 Å². The standard InChI is InChI=1S/C23H26F3N3O2S/c1-3-28(19-9-5-4-6-10-19)21(31)13-12-18-15-32-22(27-18)29(16(2)30)20-11-7-8-17(14-20)23(24,25)26/h7-8,11-15,19H,3-6,9-10H2,1-2H3/b13-12+. The monoisotopic (exact) mass is 465 g/mol. The molecule has 9 heteroatoms. The van der Waals surface area contributed by atoms with Gasteiger partial charge >= 0.3 is 6.18 Å². The Morgan fingerprint density at radius 3 is 2.56 bits per heavy atom. The number of nitrogens with zero attached hydrogens (tertiary/aromatic N) is 3. The van der Waals surface area contributed by atoms with Gasteiger partial charge in [0.05, 0.1) is 16.9 Å². The van der Waals surface area contributed by atoms with Gasteiger partial charge in [-0.15, -0.1) is 11.3 Å². The molecule has 0 radical (unpaired) electrons. The lowest BCUT2D eigenvalue weighted by Crippen LogP contribution is -2.40. The molecule has 32 heavy (non-hydrogen) atoms. The summed E-state index contributed by atoms with van der Waals surface area (Å²) in [6.07, 6.45) is 4.03. The fraction of sp³-hybridized carbons (Fsp3) is 0.435. The fourth-order valence-electron chi connectivity index (χ4n) is 3.94. The van der Waals surface area contributed by atoms with E-state index in [2.05, 4.69) is 4.98 Å². The zero-order valence-electron chi connectivity index (χ0n) is 18.1. The summed E-state index contributed by atoms with van der Waals surface area (Å²) in [5.41, 5.74) is -0.287. The van der Waals surface area contributed by atoms with Gasteiger partial charge in [0.2, 0.25) is 11.8 Å². The smallest absolute Gasteiger partial charge is 0.336 e. The van der Waals surface area contributed by atoms with E-state index in [-0.39, 0.29) is 22.8 Å². The number of anilines is 2. The van der Waals surface area contributed by atoms with Crippen LogP contribution in [0.15, 0.2) is 35.7 Å². The summed E-state index contributed by atoms with van der Waals surface area (Å²) < 4.78 is 39.2. The quantitative estimate of drug-likeness (QED) is 0.489. The van der Waals surface area contributed by atoms with Gasteiger partial charge in [-0.25, -0.2) is 4.98 Å². The number of carbonyl (C=O) groups is 2. The summed E-state index contributed by atoms with van der Waals surface area (Å²) in [5, 5.41) is 1.91. The topological polar surface area (TPSA) is 53.5 Å². The van der Waals surface area contributed by atoms with E-state index in [4.69, 9.17) is 0 Å². The first-order valence-electron chi connectivity index (χ1n) is 10.6. The van der Waals surface area contributed by atoms with Gasteiger partial charge in [-0.2, -0.15) is 13.2 Å². The number of hydrogen-bond donors (Lipinski definition) is 0. The number of aromatic nitrogens is 1. The SMILES string of the molecule is CCN(C(=O)/C=C/c1csc(N(C(C)=O)c2cccc(C(F)(F)F)c2)n1)C1CCCCC1. The van der Waals surface area contributed by atoms with Crippen molar-refractivity contribution in [2.75, 3.05) is 11.4 Å². The molecular formula is C23H26F3N3O2S. The van der Waals surface area contributed by atoms with Crippen molar-refractivity contribution in [2.45, 2.75) is 58.2 Å². The molecule has 1 fully saturated rings. The molecule has 1 saturated carbocycles. The largest absolute Gasteiger partial charge is 0.416 e. The van der Waals surface area contributed by atoms with E-state index in [1.807, 2.05) is 11.8 Å². The van der Waals surface area contributed by atoms with E-state index in [1.54, 1.807) is 11.5 Å². The number of rotatable bonds is 6. The molecule has 2 aromatic rings. The predicted octanol–water partition coefficient (Wildman–Crippen LogP) is 6.04. The molecule has 0 bridgehead atoms. The molecule has 3 rings (SSSR count). The Hall–Kier alpha value is -2.68. The van der Waals surface area contributed by atoms with Gasteiger partial charge in [0.25, 0.3) is 0 Å². The molecule has 1 aliphatic rings. The van der Waals surface area contributed by atoms with E-state index >= 15 is 0 Å². The van der Waals surface area contributed by atoms with Crippen LogP contribution in [0.5, 0.6) is 0 Å². The van der Waals surface area contributed by atoms with Crippen LogP contribution in [-0.4, -0.2) is 34.3 Å². The summed E-state index contributed by atoms with van der Waals surface area (Å²) in [6, 6.07) is 4.82. The molecule has 0 atom stereocenters. The van der Waals surface area contributed by atoms with Crippen molar-refractivity contribution in [3.05, 3.63) is 47.0 Å². The summed E-state index contributed by atoms with van der Waals surface area (Å²) in [5.74, 6) is -0.546. The van der Waals surface area contributed by atoms with Crippen LogP contribution in [-0.2, 0) is 15.8 Å². The number of halogens is 3. The third-order valence-corrected chi connectivity index (χ3v) is 6.33. The zero-order chi connectivity index (χ0) is 23.3. The summed E-state index contributed by atoms with van der Waals surface area (Å²) >= 11 is 1.12. The highest BCUT2D eigenvalue weighted by Gasteiger charge is 2.31. The fourth-order valence-corrected chi connectivity index (χ4v) is 4.80. The number of thiazole rings is 1. The first-order chi connectivity index (χ1) is 15.2. The maximum atomic E-state index is 13.1. The van der Waals surface area contributed by atoms with Gasteiger partial charge in [0.15, 0.2) is 5.13 Å². The molecular weight excluding hydrogens is 439 g/mol. The molecule has 1 aliphatic carbocycles. The van der Waals surface area contributed by atoms with Crippen molar-refractivity contribution in [3.63, 3.8) is 0 Å². The number of benzene rings is 1. The normalized spacial score (nSPS) is 15.2. The highest BCUT2D eigenvalue weighted by Crippen LogP contribution is 2.35. The minimum absolute atomic E-state index is 0.0859. The van der Waals surface area contributed by atoms with Gasteiger partial charge in [-0.3, -0.25) is 14.5 Å². The van der Waals surface area contributed by atoms with Crippen molar-refractivity contribution in [2.24, 2.45) is 0 Å². The molecule has 5 nitrogen and oxygen atoms in total. The average Bonchev–Trinajstić information content (AvgIpc) is 3.21. The summed E-state index contributed by atoms with van der Waals surface area (Å²) in [6.45, 7) is 3.86. The van der Waals surface area contributed by atoms with Crippen molar-refractivity contribution in [1.29, 1.82) is 0 Å². The predicted molar refractivity (Wildman–Crippen MR) is 120 cm³/mol. The van der Waals surface area contributed by atoms with E-state index in [9.17, 15) is 22.8 Å². The zero-order valence-corrected chi connectivity index (χ0v) is 18.9. The first kappa shape index (κ1) is 24.0. The second kappa shape index (κ2) is 10.3. The number of carbonyl (C=O) groups excluding carboxylic acids is 2. The van der Waals surface area contributed by atoms with E-state index in [0.29, 0.717) is 12.2 Å². The van der Waals surface area contributed by atoms with Crippen LogP contribution in [0.3, 0.4) is 0 Å². The average molecular weight is 466 g/mol. The first-order valence-corrected chi connectivity index (χ1v) is 11.5. The Morgan fingerprint density at radius 2 is 1.94 bits per heavy atom. The maximum absolute atomic E-state index is 13.1. The Bertz CT molecular complexity index is 981. The van der Waals surface area contributed by atoms with Crippen molar-refractivity contribution >= 4 is 40.0 Å². The second-order valence-corrected chi connectivity index (χ2v) is 8.54. The molecule has 0 spiro atoms. The molecule has 0 unspecified atom stereocenters. The number of likely N-dealkylation sites (N-methyl/N-ethyl adjacent to an activating group) is 1. The van der Waals surface area contributed by atoms with E-state index in [0.717, 1.165) is 54.1 Å². The second-order valence-electron chi connectivity index (χ2n) is 7.71. The third-order valence-electron chi connectivity index (χ3n) is 5.48. The van der Waals surface area contributed by atoms with Crippen LogP contribution in [0.25, 0.3) is 6.08 Å². The van der Waals surface area contributed by atoms with Crippen LogP contribution in [0.1, 0.15) is 57.2 Å². The summed E-state index contributed by atoms with van der Waals surface area (Å²) in [4.78, 5) is 32.3. The number of hydrogen-bond acceptors (Lipinski definition) is 4. The highest BCUT2D eigenvalue weighted by atomic mass is 32.1. The minimum Gasteiger partial charge on any atom is -0.336 e. The van der Waals surface area contributed by atoms with Gasteiger partial charge in [-0.1, -0.05) is 25.3 Å². The van der Waals surface area contributed by atoms with Crippen LogP contribution in [0.4, 0.5) is 24.0 Å². The molecule has 1 aromatic heterocycles. The Balaban J connectivity index is 1.78. The van der Waals surface area contributed by atoms with E-state index in [1.165, 1.54) is 31.6 Å². The molecule has 0 aliphatic heterocycles. The Kier molecular flexibility index (Phi) is 7.71. The van der Waals surface area contributed by atoms with Gasteiger partial charge in [0.1, 0.15) is 0 Å². The molecule has 0 N–H and O–H groups in total. The molecule has 0 saturated heterocycles. The number of alkyl halides is 3. The van der Waals surface area contributed by atoms with Crippen molar-refractivity contribution in [1.82, 2.24) is 9.88 Å². The lowest BCUT2D eigenvalue weighted by Gasteiger charge is -2.32. The lowest BCUT2D eigenvalue weighted by molar-refractivity contribution is -0.137. The Morgan fingerprint density at radius 1 is 1.22 bits per heavy atom. The van der Waals surface area contributed by atoms with Crippen LogP contribution >= 0.6 is 11.3 Å². The molecule has 172 valence electrons. The summed E-state index contributed by atoms with van der Waals surface area (Å²) in [7, 11) is 0. The van der Waals surface area contributed by atoms with Gasteiger partial charge in [-0.05, 0) is 44.0 Å². The highest BCUT2D eigenvalue weighted by molar-refractivity contribution is 7.14. The molecule has 1 heterocycles. The lowest BCUT2D eigenvalue weighted by atomic mass is 9.94. The Labute approximate surface area is 189 Å². The van der Waals surface area contributed by atoms with Crippen LogP contribution < -0.4 is 4.90 Å². The molecule has 1 aromatic carbocycles. The number of amides is 2. The van der Waals surface area contributed by atoms with Crippen LogP contribution in [0.2, 0.25) is 0 Å². The van der Waals surface area contributed by atoms with Gasteiger partial charge in [0, 0.05) is 31.0 Å². The van der Waals surface area contributed by atoms with Crippen molar-refractivity contribution < 1.29 is 22.8 Å². The third kappa shape index (κ3) is 5.76. The van der Waals surface area contributed by atoms with E-state index < -0.39 is 17.6 Å². The maximum Gasteiger partial charge on any atom is 0.416 e. The van der Waals surface area contributed by atoms with Crippen molar-refractivity contribution in [3.8, 4) is 0 Å². The van der Waals surface area contributed by atoms with Gasteiger partial charge < -0.3 is 4.90 Å². The minimum atomic E-state index is -4.51.